The molecule has 0 aliphatic carbocycles. The van der Waals surface area contributed by atoms with Crippen LogP contribution in [-0.4, -0.2) is 12.5 Å². The Bertz CT molecular complexity index is 662. The lowest BCUT2D eigenvalue weighted by Crippen LogP contribution is -2.21. The number of benzene rings is 2. The van der Waals surface area contributed by atoms with E-state index in [2.05, 4.69) is 54.7 Å². The van der Waals surface area contributed by atoms with Gasteiger partial charge < -0.3 is 10.1 Å². The fourth-order valence-corrected chi connectivity index (χ4v) is 2.47. The average Bonchev–Trinajstić information content (AvgIpc) is 2.47. The number of halogens is 1. The van der Waals surface area contributed by atoms with E-state index in [4.69, 9.17) is 4.74 Å². The Labute approximate surface area is 145 Å². The number of rotatable bonds is 4. The minimum Gasteiger partial charge on any atom is -0.484 e. The van der Waals surface area contributed by atoms with Crippen molar-refractivity contribution in [3.8, 4) is 5.75 Å². The Kier molecular flexibility index (Phi) is 5.45. The third kappa shape index (κ3) is 4.73. The molecule has 3 nitrogen and oxygen atoms in total. The molecule has 0 aliphatic rings. The van der Waals surface area contributed by atoms with Gasteiger partial charge in [0.15, 0.2) is 6.61 Å². The zero-order valence-electron chi connectivity index (χ0n) is 13.0. The third-order valence-corrected chi connectivity index (χ3v) is 4.16. The van der Waals surface area contributed by atoms with Gasteiger partial charge in [-0.2, -0.15) is 0 Å². The standard InChI is InChI=1S/C18H20INO2/c1-18(2,3)13-7-6-8-14(11-13)22-12-17(21)20-16-10-5-4-9-15(16)19/h4-11H,12H2,1-3H3,(H,20,21). The molecule has 22 heavy (non-hydrogen) atoms. The SMILES string of the molecule is CC(C)(C)c1cccc(OCC(=O)Nc2ccccc2I)c1. The van der Waals surface area contributed by atoms with Gasteiger partial charge in [-0.15, -0.1) is 0 Å². The summed E-state index contributed by atoms with van der Waals surface area (Å²) < 4.78 is 6.60. The van der Waals surface area contributed by atoms with Gasteiger partial charge in [-0.1, -0.05) is 45.0 Å². The highest BCUT2D eigenvalue weighted by atomic mass is 127. The fraction of sp³-hybridized carbons (Fsp3) is 0.278. The zero-order valence-corrected chi connectivity index (χ0v) is 15.2. The molecule has 0 atom stereocenters. The molecule has 0 saturated heterocycles. The number of para-hydroxylation sites is 1. The molecule has 0 fully saturated rings. The minimum atomic E-state index is -0.162. The highest BCUT2D eigenvalue weighted by Crippen LogP contribution is 2.25. The Morgan fingerprint density at radius 1 is 1.14 bits per heavy atom. The highest BCUT2D eigenvalue weighted by Gasteiger charge is 2.14. The Balaban J connectivity index is 1.96. The Morgan fingerprint density at radius 2 is 1.86 bits per heavy atom. The number of hydrogen-bond acceptors (Lipinski definition) is 2. The van der Waals surface area contributed by atoms with Gasteiger partial charge in [0, 0.05) is 3.57 Å². The van der Waals surface area contributed by atoms with Crippen molar-refractivity contribution in [2.24, 2.45) is 0 Å². The van der Waals surface area contributed by atoms with Crippen molar-refractivity contribution < 1.29 is 9.53 Å². The summed E-state index contributed by atoms with van der Waals surface area (Å²) in [5.41, 5.74) is 2.05. The maximum Gasteiger partial charge on any atom is 0.262 e. The van der Waals surface area contributed by atoms with E-state index in [0.29, 0.717) is 5.75 Å². The van der Waals surface area contributed by atoms with Crippen molar-refractivity contribution in [3.63, 3.8) is 0 Å². The van der Waals surface area contributed by atoms with Crippen LogP contribution in [0.3, 0.4) is 0 Å². The molecule has 0 bridgehead atoms. The van der Waals surface area contributed by atoms with Gasteiger partial charge in [-0.05, 0) is 57.8 Å². The van der Waals surface area contributed by atoms with Gasteiger partial charge in [0.1, 0.15) is 5.75 Å². The molecule has 0 spiro atoms. The van der Waals surface area contributed by atoms with Crippen LogP contribution in [0, 0.1) is 3.57 Å². The minimum absolute atomic E-state index is 0.00142. The Morgan fingerprint density at radius 3 is 2.55 bits per heavy atom. The van der Waals surface area contributed by atoms with Gasteiger partial charge in [0.25, 0.3) is 5.91 Å². The largest absolute Gasteiger partial charge is 0.484 e. The number of carbonyl (C=O) groups excluding carboxylic acids is 1. The van der Waals surface area contributed by atoms with E-state index in [1.54, 1.807) is 0 Å². The molecular weight excluding hydrogens is 389 g/mol. The van der Waals surface area contributed by atoms with Crippen LogP contribution in [0.1, 0.15) is 26.3 Å². The van der Waals surface area contributed by atoms with Crippen LogP contribution in [0.5, 0.6) is 5.75 Å². The predicted octanol–water partition coefficient (Wildman–Crippen LogP) is 4.61. The van der Waals surface area contributed by atoms with Crippen LogP contribution in [0.25, 0.3) is 0 Å². The van der Waals surface area contributed by atoms with Crippen molar-refractivity contribution in [2.45, 2.75) is 26.2 Å². The molecule has 0 aliphatic heterocycles. The van der Waals surface area contributed by atoms with Crippen LogP contribution < -0.4 is 10.1 Å². The molecule has 2 aromatic carbocycles. The topological polar surface area (TPSA) is 38.3 Å². The van der Waals surface area contributed by atoms with Crippen molar-refractivity contribution in [3.05, 3.63) is 57.7 Å². The molecule has 0 aromatic heterocycles. The van der Waals surface area contributed by atoms with Crippen molar-refractivity contribution in [1.29, 1.82) is 0 Å². The summed E-state index contributed by atoms with van der Waals surface area (Å²) in [5.74, 6) is 0.551. The van der Waals surface area contributed by atoms with Gasteiger partial charge >= 0.3 is 0 Å². The second-order valence-electron chi connectivity index (χ2n) is 6.09. The van der Waals surface area contributed by atoms with Gasteiger partial charge in [-0.3, -0.25) is 4.79 Å². The highest BCUT2D eigenvalue weighted by molar-refractivity contribution is 14.1. The first-order valence-corrected chi connectivity index (χ1v) is 8.22. The van der Waals surface area contributed by atoms with Crippen LogP contribution >= 0.6 is 22.6 Å². The lowest BCUT2D eigenvalue weighted by molar-refractivity contribution is -0.118. The lowest BCUT2D eigenvalue weighted by Gasteiger charge is -2.19. The molecule has 2 rings (SSSR count). The third-order valence-electron chi connectivity index (χ3n) is 3.22. The number of ether oxygens (including phenoxy) is 1. The molecule has 0 heterocycles. The van der Waals surface area contributed by atoms with Crippen LogP contribution in [0.4, 0.5) is 5.69 Å². The molecule has 1 N–H and O–H groups in total. The fourth-order valence-electron chi connectivity index (χ4n) is 1.95. The number of carbonyl (C=O) groups is 1. The second kappa shape index (κ2) is 7.13. The van der Waals surface area contributed by atoms with Crippen LogP contribution in [0.2, 0.25) is 0 Å². The van der Waals surface area contributed by atoms with Gasteiger partial charge in [0.05, 0.1) is 5.69 Å². The van der Waals surface area contributed by atoms with Gasteiger partial charge in [-0.25, -0.2) is 0 Å². The molecule has 116 valence electrons. The molecular formula is C18H20INO2. The average molecular weight is 409 g/mol. The summed E-state index contributed by atoms with van der Waals surface area (Å²) in [6, 6.07) is 15.5. The lowest BCUT2D eigenvalue weighted by atomic mass is 9.87. The normalized spacial score (nSPS) is 11.1. The molecule has 0 saturated carbocycles. The molecule has 0 unspecified atom stereocenters. The van der Waals surface area contributed by atoms with Crippen molar-refractivity contribution in [2.75, 3.05) is 11.9 Å². The second-order valence-corrected chi connectivity index (χ2v) is 7.26. The van der Waals surface area contributed by atoms with Crippen molar-refractivity contribution in [1.82, 2.24) is 0 Å². The van der Waals surface area contributed by atoms with E-state index >= 15 is 0 Å². The quantitative estimate of drug-likeness (QED) is 0.750. The predicted molar refractivity (Wildman–Crippen MR) is 98.4 cm³/mol. The summed E-state index contributed by atoms with van der Waals surface area (Å²) in [6.07, 6.45) is 0. The van der Waals surface area contributed by atoms with E-state index < -0.39 is 0 Å². The number of anilines is 1. The smallest absolute Gasteiger partial charge is 0.262 e. The number of amides is 1. The molecule has 0 radical (unpaired) electrons. The summed E-state index contributed by atoms with van der Waals surface area (Å²) >= 11 is 2.19. The van der Waals surface area contributed by atoms with E-state index in [1.807, 2.05) is 42.5 Å². The monoisotopic (exact) mass is 409 g/mol. The number of hydrogen-bond donors (Lipinski definition) is 1. The summed E-state index contributed by atoms with van der Waals surface area (Å²) in [6.45, 7) is 6.45. The van der Waals surface area contributed by atoms with E-state index in [-0.39, 0.29) is 17.9 Å². The van der Waals surface area contributed by atoms with E-state index in [9.17, 15) is 4.79 Å². The first-order valence-electron chi connectivity index (χ1n) is 7.14. The van der Waals surface area contributed by atoms with Gasteiger partial charge in [0.2, 0.25) is 0 Å². The van der Waals surface area contributed by atoms with Crippen molar-refractivity contribution >= 4 is 34.2 Å². The van der Waals surface area contributed by atoms with E-state index in [1.165, 1.54) is 5.56 Å². The van der Waals surface area contributed by atoms with Crippen LogP contribution in [0.15, 0.2) is 48.5 Å². The molecule has 1 amide bonds. The maximum absolute atomic E-state index is 12.0. The molecule has 4 heteroatoms. The summed E-state index contributed by atoms with van der Waals surface area (Å²) in [5, 5.41) is 2.85. The zero-order chi connectivity index (χ0) is 16.2. The molecule has 2 aromatic rings. The first-order chi connectivity index (χ1) is 10.4. The Hall–Kier alpha value is -1.56. The van der Waals surface area contributed by atoms with Crippen LogP contribution in [-0.2, 0) is 10.2 Å². The summed E-state index contributed by atoms with van der Waals surface area (Å²) in [7, 11) is 0. The number of nitrogens with one attached hydrogen (secondary N) is 1. The maximum atomic E-state index is 12.0. The summed E-state index contributed by atoms with van der Waals surface area (Å²) in [4.78, 5) is 12.0. The first kappa shape index (κ1) is 16.8. The van der Waals surface area contributed by atoms with E-state index in [0.717, 1.165) is 9.26 Å².